The third kappa shape index (κ3) is 5.23. The Labute approximate surface area is 118 Å². The van der Waals surface area contributed by atoms with Crippen LogP contribution in [0.3, 0.4) is 0 Å². The van der Waals surface area contributed by atoms with Crippen molar-refractivity contribution in [2.45, 2.75) is 58.9 Å². The first kappa shape index (κ1) is 16.0. The van der Waals surface area contributed by atoms with Crippen LogP contribution in [0.2, 0.25) is 0 Å². The Bertz CT molecular complexity index is 371. The van der Waals surface area contributed by atoms with E-state index in [2.05, 4.69) is 64.2 Å². The van der Waals surface area contributed by atoms with Gasteiger partial charge in [-0.1, -0.05) is 52.8 Å². The zero-order chi connectivity index (χ0) is 14.3. The van der Waals surface area contributed by atoms with Crippen LogP contribution in [0, 0.1) is 0 Å². The molecular formula is C17H29NO. The molecule has 0 amide bonds. The van der Waals surface area contributed by atoms with Gasteiger partial charge < -0.3 is 10.1 Å². The van der Waals surface area contributed by atoms with Crippen molar-refractivity contribution in [3.63, 3.8) is 0 Å². The molecule has 0 heterocycles. The van der Waals surface area contributed by atoms with Crippen LogP contribution in [0.25, 0.3) is 0 Å². The zero-order valence-corrected chi connectivity index (χ0v) is 13.1. The fourth-order valence-electron chi connectivity index (χ4n) is 2.17. The van der Waals surface area contributed by atoms with Gasteiger partial charge in [0.15, 0.2) is 0 Å². The molecule has 1 rings (SSSR count). The quantitative estimate of drug-likeness (QED) is 0.761. The number of ether oxygens (including phenoxy) is 1. The molecule has 0 aliphatic heterocycles. The first-order chi connectivity index (χ1) is 8.97. The van der Waals surface area contributed by atoms with Gasteiger partial charge >= 0.3 is 0 Å². The molecule has 0 atom stereocenters. The van der Waals surface area contributed by atoms with Crippen molar-refractivity contribution >= 4 is 0 Å². The molecule has 2 heteroatoms. The summed E-state index contributed by atoms with van der Waals surface area (Å²) in [5.74, 6) is 1.04. The van der Waals surface area contributed by atoms with E-state index in [0.29, 0.717) is 6.04 Å². The van der Waals surface area contributed by atoms with Gasteiger partial charge in [0.25, 0.3) is 0 Å². The van der Waals surface area contributed by atoms with Crippen molar-refractivity contribution in [2.75, 3.05) is 13.2 Å². The number of hydrogen-bond acceptors (Lipinski definition) is 2. The molecule has 2 nitrogen and oxygen atoms in total. The van der Waals surface area contributed by atoms with Crippen LogP contribution in [-0.4, -0.2) is 19.2 Å². The number of rotatable bonds is 8. The lowest BCUT2D eigenvalue weighted by molar-refractivity contribution is 0.304. The second-order valence-electron chi connectivity index (χ2n) is 6.09. The maximum absolute atomic E-state index is 5.88. The topological polar surface area (TPSA) is 21.3 Å². The van der Waals surface area contributed by atoms with Crippen molar-refractivity contribution in [3.05, 3.63) is 29.8 Å². The highest BCUT2D eigenvalue weighted by Crippen LogP contribution is 2.34. The van der Waals surface area contributed by atoms with Crippen LogP contribution >= 0.6 is 0 Å². The van der Waals surface area contributed by atoms with Crippen molar-refractivity contribution in [2.24, 2.45) is 0 Å². The lowest BCUT2D eigenvalue weighted by Crippen LogP contribution is -2.29. The Kier molecular flexibility index (Phi) is 6.36. The molecule has 0 bridgehead atoms. The minimum Gasteiger partial charge on any atom is -0.493 e. The van der Waals surface area contributed by atoms with Crippen LogP contribution in [0.1, 0.15) is 53.0 Å². The molecule has 0 saturated heterocycles. The van der Waals surface area contributed by atoms with Crippen molar-refractivity contribution in [3.8, 4) is 5.75 Å². The number of nitrogens with one attached hydrogen (secondary N) is 1. The Balaban J connectivity index is 2.75. The van der Waals surface area contributed by atoms with Gasteiger partial charge in [-0.25, -0.2) is 0 Å². The molecule has 1 aromatic rings. The molecule has 0 unspecified atom stereocenters. The highest BCUT2D eigenvalue weighted by molar-refractivity contribution is 5.38. The van der Waals surface area contributed by atoms with Gasteiger partial charge in [-0.2, -0.15) is 0 Å². The highest BCUT2D eigenvalue weighted by atomic mass is 16.5. The summed E-state index contributed by atoms with van der Waals surface area (Å²) in [5, 5.41) is 3.49. The summed E-state index contributed by atoms with van der Waals surface area (Å²) in [6.07, 6.45) is 2.15. The third-order valence-electron chi connectivity index (χ3n) is 3.38. The van der Waals surface area contributed by atoms with Crippen LogP contribution in [-0.2, 0) is 5.41 Å². The van der Waals surface area contributed by atoms with Gasteiger partial charge in [-0.15, -0.1) is 0 Å². The monoisotopic (exact) mass is 263 g/mol. The predicted octanol–water partition coefficient (Wildman–Crippen LogP) is 4.14. The van der Waals surface area contributed by atoms with Crippen molar-refractivity contribution in [1.82, 2.24) is 5.32 Å². The molecular weight excluding hydrogens is 234 g/mol. The van der Waals surface area contributed by atoms with Gasteiger partial charge in [0.1, 0.15) is 5.75 Å². The Morgan fingerprint density at radius 1 is 1.21 bits per heavy atom. The van der Waals surface area contributed by atoms with E-state index < -0.39 is 0 Å². The van der Waals surface area contributed by atoms with Crippen LogP contribution < -0.4 is 10.1 Å². The average Bonchev–Trinajstić information content (AvgIpc) is 2.36. The van der Waals surface area contributed by atoms with E-state index in [1.54, 1.807) is 0 Å². The fourth-order valence-corrected chi connectivity index (χ4v) is 2.17. The fraction of sp³-hybridized carbons (Fsp3) is 0.647. The summed E-state index contributed by atoms with van der Waals surface area (Å²) in [6, 6.07) is 8.98. The zero-order valence-electron chi connectivity index (χ0n) is 13.1. The van der Waals surface area contributed by atoms with E-state index >= 15 is 0 Å². The third-order valence-corrected chi connectivity index (χ3v) is 3.38. The predicted molar refractivity (Wildman–Crippen MR) is 83.0 cm³/mol. The number of hydrogen-bond donors (Lipinski definition) is 1. The summed E-state index contributed by atoms with van der Waals surface area (Å²) < 4.78 is 5.88. The minimum absolute atomic E-state index is 0.131. The van der Waals surface area contributed by atoms with Gasteiger partial charge in [-0.05, 0) is 36.4 Å². The van der Waals surface area contributed by atoms with E-state index in [1.165, 1.54) is 5.56 Å². The van der Waals surface area contributed by atoms with Gasteiger partial charge in [0.05, 0.1) is 6.61 Å². The summed E-state index contributed by atoms with van der Waals surface area (Å²) in [7, 11) is 0. The van der Waals surface area contributed by atoms with E-state index in [0.717, 1.165) is 31.7 Å². The molecule has 1 aromatic carbocycles. The highest BCUT2D eigenvalue weighted by Gasteiger charge is 2.23. The van der Waals surface area contributed by atoms with Crippen molar-refractivity contribution in [1.29, 1.82) is 0 Å². The lowest BCUT2D eigenvalue weighted by atomic mass is 9.81. The number of benzene rings is 1. The van der Waals surface area contributed by atoms with E-state index in [9.17, 15) is 0 Å². The van der Waals surface area contributed by atoms with Crippen LogP contribution in [0.15, 0.2) is 24.3 Å². The minimum atomic E-state index is 0.131. The molecule has 0 aromatic heterocycles. The Morgan fingerprint density at radius 3 is 2.53 bits per heavy atom. The van der Waals surface area contributed by atoms with Crippen LogP contribution in [0.4, 0.5) is 0 Å². The number of para-hydroxylation sites is 1. The molecule has 0 aliphatic rings. The SMILES string of the molecule is CCCOc1ccccc1C(C)(C)CCNC(C)C. The second kappa shape index (κ2) is 7.54. The standard InChI is InChI=1S/C17H29NO/c1-6-13-19-16-10-8-7-9-15(16)17(4,5)11-12-18-14(2)3/h7-10,14,18H,6,11-13H2,1-5H3. The average molecular weight is 263 g/mol. The van der Waals surface area contributed by atoms with Gasteiger partial charge in [0.2, 0.25) is 0 Å². The van der Waals surface area contributed by atoms with Crippen LogP contribution in [0.5, 0.6) is 5.75 Å². The molecule has 0 fully saturated rings. The summed E-state index contributed by atoms with van der Waals surface area (Å²) in [6.45, 7) is 12.9. The maximum Gasteiger partial charge on any atom is 0.123 e. The van der Waals surface area contributed by atoms with Crippen molar-refractivity contribution < 1.29 is 4.74 Å². The molecule has 0 radical (unpaired) electrons. The smallest absolute Gasteiger partial charge is 0.123 e. The Hall–Kier alpha value is -1.02. The van der Waals surface area contributed by atoms with E-state index in [1.807, 2.05) is 0 Å². The maximum atomic E-state index is 5.88. The Morgan fingerprint density at radius 2 is 1.89 bits per heavy atom. The normalized spacial score (nSPS) is 11.9. The van der Waals surface area contributed by atoms with E-state index in [4.69, 9.17) is 4.74 Å². The molecule has 1 N–H and O–H groups in total. The molecule has 0 saturated carbocycles. The van der Waals surface area contributed by atoms with Gasteiger partial charge in [0, 0.05) is 6.04 Å². The molecule has 108 valence electrons. The second-order valence-corrected chi connectivity index (χ2v) is 6.09. The van der Waals surface area contributed by atoms with Gasteiger partial charge in [-0.3, -0.25) is 0 Å². The lowest BCUT2D eigenvalue weighted by Gasteiger charge is -2.28. The van der Waals surface area contributed by atoms with E-state index in [-0.39, 0.29) is 5.41 Å². The summed E-state index contributed by atoms with van der Waals surface area (Å²) >= 11 is 0. The molecule has 0 aliphatic carbocycles. The summed E-state index contributed by atoms with van der Waals surface area (Å²) in [4.78, 5) is 0. The first-order valence-electron chi connectivity index (χ1n) is 7.43. The first-order valence-corrected chi connectivity index (χ1v) is 7.43. The molecule has 0 spiro atoms. The molecule has 19 heavy (non-hydrogen) atoms. The largest absolute Gasteiger partial charge is 0.493 e. The summed E-state index contributed by atoms with van der Waals surface area (Å²) in [5.41, 5.74) is 1.45.